The van der Waals surface area contributed by atoms with Crippen LogP contribution in [0.2, 0.25) is 0 Å². The first-order valence-corrected chi connectivity index (χ1v) is 8.15. The van der Waals surface area contributed by atoms with Gasteiger partial charge in [-0.15, -0.1) is 0 Å². The lowest BCUT2D eigenvalue weighted by atomic mass is 10.0. The molecule has 0 aromatic heterocycles. The molecule has 128 valence electrons. The Morgan fingerprint density at radius 1 is 1.00 bits per heavy atom. The summed E-state index contributed by atoms with van der Waals surface area (Å²) >= 11 is 0. The van der Waals surface area contributed by atoms with Crippen LogP contribution in [0, 0.1) is 0 Å². The average molecular weight is 335 g/mol. The van der Waals surface area contributed by atoms with Gasteiger partial charge in [-0.3, -0.25) is 4.79 Å². The third-order valence-electron chi connectivity index (χ3n) is 4.23. The molecule has 1 unspecified atom stereocenters. The van der Waals surface area contributed by atoms with Gasteiger partial charge in [-0.05, 0) is 34.5 Å². The maximum absolute atomic E-state index is 12.6. The lowest BCUT2D eigenvalue weighted by molar-refractivity contribution is 0.0828. The molecule has 0 saturated carbocycles. The molecule has 0 saturated heterocycles. The van der Waals surface area contributed by atoms with Crippen molar-refractivity contribution in [2.45, 2.75) is 6.10 Å². The van der Waals surface area contributed by atoms with Crippen LogP contribution >= 0.6 is 0 Å². The van der Waals surface area contributed by atoms with Crippen LogP contribution in [0.5, 0.6) is 5.75 Å². The molecule has 3 aromatic carbocycles. The van der Waals surface area contributed by atoms with E-state index in [9.17, 15) is 4.79 Å². The molecular weight excluding hydrogens is 314 g/mol. The van der Waals surface area contributed by atoms with Gasteiger partial charge in [0.05, 0.1) is 13.2 Å². The van der Waals surface area contributed by atoms with Crippen molar-refractivity contribution in [1.29, 1.82) is 0 Å². The molecule has 0 heterocycles. The van der Waals surface area contributed by atoms with Gasteiger partial charge in [0.1, 0.15) is 5.75 Å². The number of methoxy groups -OCH3 is 2. The Morgan fingerprint density at radius 3 is 2.56 bits per heavy atom. The zero-order chi connectivity index (χ0) is 17.6. The van der Waals surface area contributed by atoms with E-state index in [4.69, 9.17) is 9.47 Å². The summed E-state index contributed by atoms with van der Waals surface area (Å²) in [5.41, 5.74) is 1.62. The van der Waals surface area contributed by atoms with E-state index in [0.29, 0.717) is 12.1 Å². The largest absolute Gasteiger partial charge is 0.497 e. The Balaban J connectivity index is 1.76. The highest BCUT2D eigenvalue weighted by Crippen LogP contribution is 2.22. The fourth-order valence-electron chi connectivity index (χ4n) is 2.88. The van der Waals surface area contributed by atoms with Gasteiger partial charge in [0.15, 0.2) is 0 Å². The van der Waals surface area contributed by atoms with Crippen LogP contribution < -0.4 is 10.1 Å². The summed E-state index contributed by atoms with van der Waals surface area (Å²) in [5, 5.41) is 4.96. The summed E-state index contributed by atoms with van der Waals surface area (Å²) < 4.78 is 10.8. The number of nitrogens with one attached hydrogen (secondary N) is 1. The molecule has 0 aliphatic carbocycles. The van der Waals surface area contributed by atoms with Crippen molar-refractivity contribution in [1.82, 2.24) is 5.32 Å². The van der Waals surface area contributed by atoms with Gasteiger partial charge in [-0.25, -0.2) is 0 Å². The number of carbonyl (C=O) groups is 1. The lowest BCUT2D eigenvalue weighted by Gasteiger charge is -2.17. The zero-order valence-corrected chi connectivity index (χ0v) is 14.4. The van der Waals surface area contributed by atoms with Crippen LogP contribution in [0.1, 0.15) is 22.0 Å². The van der Waals surface area contributed by atoms with Crippen molar-refractivity contribution in [3.8, 4) is 5.75 Å². The highest BCUT2D eigenvalue weighted by atomic mass is 16.5. The van der Waals surface area contributed by atoms with Gasteiger partial charge in [0.25, 0.3) is 5.91 Å². The van der Waals surface area contributed by atoms with Crippen LogP contribution in [0.15, 0.2) is 66.7 Å². The second-order valence-corrected chi connectivity index (χ2v) is 5.74. The molecule has 1 atom stereocenters. The summed E-state index contributed by atoms with van der Waals surface area (Å²) in [5.74, 6) is 0.654. The summed E-state index contributed by atoms with van der Waals surface area (Å²) in [7, 11) is 3.26. The molecule has 4 nitrogen and oxygen atoms in total. The first-order chi connectivity index (χ1) is 12.2. The molecule has 0 aliphatic rings. The summed E-state index contributed by atoms with van der Waals surface area (Å²) in [6.45, 7) is 0.381. The zero-order valence-electron chi connectivity index (χ0n) is 14.4. The van der Waals surface area contributed by atoms with Crippen molar-refractivity contribution >= 4 is 16.7 Å². The first-order valence-electron chi connectivity index (χ1n) is 8.15. The molecule has 3 aromatic rings. The highest BCUT2D eigenvalue weighted by molar-refractivity contribution is 6.07. The van der Waals surface area contributed by atoms with Crippen LogP contribution in [0.25, 0.3) is 10.8 Å². The normalized spacial score (nSPS) is 11.9. The van der Waals surface area contributed by atoms with Crippen molar-refractivity contribution in [3.63, 3.8) is 0 Å². The molecule has 4 heteroatoms. The SMILES string of the molecule is COc1cccc(C(CNC(=O)c2cccc3ccccc23)OC)c1. The number of fused-ring (bicyclic) bond motifs is 1. The minimum Gasteiger partial charge on any atom is -0.497 e. The van der Waals surface area contributed by atoms with Gasteiger partial charge in [0.2, 0.25) is 0 Å². The van der Waals surface area contributed by atoms with E-state index < -0.39 is 0 Å². The van der Waals surface area contributed by atoms with Gasteiger partial charge in [0, 0.05) is 19.2 Å². The maximum atomic E-state index is 12.6. The quantitative estimate of drug-likeness (QED) is 0.741. The number of ether oxygens (including phenoxy) is 2. The minimum absolute atomic E-state index is 0.109. The topological polar surface area (TPSA) is 47.6 Å². The fourth-order valence-corrected chi connectivity index (χ4v) is 2.88. The molecule has 3 rings (SSSR count). The Labute approximate surface area is 147 Å². The van der Waals surface area contributed by atoms with E-state index in [2.05, 4.69) is 5.32 Å². The van der Waals surface area contributed by atoms with E-state index in [1.165, 1.54) is 0 Å². The monoisotopic (exact) mass is 335 g/mol. The van der Waals surface area contributed by atoms with Crippen LogP contribution in [-0.2, 0) is 4.74 Å². The second-order valence-electron chi connectivity index (χ2n) is 5.74. The molecule has 1 N–H and O–H groups in total. The van der Waals surface area contributed by atoms with Gasteiger partial charge in [-0.2, -0.15) is 0 Å². The predicted molar refractivity (Wildman–Crippen MR) is 99.0 cm³/mol. The van der Waals surface area contributed by atoms with E-state index in [1.54, 1.807) is 14.2 Å². The first kappa shape index (κ1) is 17.0. The summed E-state index contributed by atoms with van der Waals surface area (Å²) in [6, 6.07) is 21.3. The van der Waals surface area contributed by atoms with Crippen molar-refractivity contribution in [3.05, 3.63) is 77.9 Å². The van der Waals surface area contributed by atoms with Gasteiger partial charge < -0.3 is 14.8 Å². The molecule has 0 radical (unpaired) electrons. The molecule has 0 bridgehead atoms. The minimum atomic E-state index is -0.242. The average Bonchev–Trinajstić information content (AvgIpc) is 2.68. The molecular formula is C21H21NO3. The standard InChI is InChI=1S/C21H21NO3/c1-24-17-10-5-9-16(13-17)20(25-2)14-22-21(23)19-12-6-8-15-7-3-4-11-18(15)19/h3-13,20H,14H2,1-2H3,(H,22,23). The summed E-state index contributed by atoms with van der Waals surface area (Å²) in [6.07, 6.45) is -0.242. The maximum Gasteiger partial charge on any atom is 0.252 e. The number of rotatable bonds is 6. The fraction of sp³-hybridized carbons (Fsp3) is 0.190. The number of amides is 1. The molecule has 0 spiro atoms. The van der Waals surface area contributed by atoms with E-state index in [0.717, 1.165) is 22.1 Å². The van der Waals surface area contributed by atoms with Gasteiger partial charge in [-0.1, -0.05) is 48.5 Å². The van der Waals surface area contributed by atoms with Crippen LogP contribution in [0.3, 0.4) is 0 Å². The van der Waals surface area contributed by atoms with Crippen LogP contribution in [0.4, 0.5) is 0 Å². The Morgan fingerprint density at radius 2 is 1.76 bits per heavy atom. The second kappa shape index (κ2) is 7.81. The van der Waals surface area contributed by atoms with Crippen molar-refractivity contribution in [2.75, 3.05) is 20.8 Å². The number of hydrogen-bond donors (Lipinski definition) is 1. The van der Waals surface area contributed by atoms with E-state index in [1.807, 2.05) is 66.7 Å². The molecule has 25 heavy (non-hydrogen) atoms. The van der Waals surface area contributed by atoms with Crippen LogP contribution in [-0.4, -0.2) is 26.7 Å². The Bertz CT molecular complexity index is 870. The summed E-state index contributed by atoms with van der Waals surface area (Å²) in [4.78, 5) is 12.6. The molecule has 0 fully saturated rings. The Kier molecular flexibility index (Phi) is 5.31. The number of benzene rings is 3. The third kappa shape index (κ3) is 3.80. The number of carbonyl (C=O) groups excluding carboxylic acids is 1. The van der Waals surface area contributed by atoms with E-state index in [-0.39, 0.29) is 12.0 Å². The number of hydrogen-bond acceptors (Lipinski definition) is 3. The predicted octanol–water partition coefficient (Wildman–Crippen LogP) is 3.97. The smallest absolute Gasteiger partial charge is 0.252 e. The Hall–Kier alpha value is -2.85. The van der Waals surface area contributed by atoms with E-state index >= 15 is 0 Å². The highest BCUT2D eigenvalue weighted by Gasteiger charge is 2.15. The van der Waals surface area contributed by atoms with Gasteiger partial charge >= 0.3 is 0 Å². The third-order valence-corrected chi connectivity index (χ3v) is 4.23. The lowest BCUT2D eigenvalue weighted by Crippen LogP contribution is -2.29. The van der Waals surface area contributed by atoms with Crippen molar-refractivity contribution < 1.29 is 14.3 Å². The molecule has 1 amide bonds. The van der Waals surface area contributed by atoms with Crippen molar-refractivity contribution in [2.24, 2.45) is 0 Å². The molecule has 0 aliphatic heterocycles.